The number of aliphatic hydroxyl groups excluding tert-OH is 24. The number of nitrogens with one attached hydrogen (secondary N) is 2. The number of hydrogen-bond donors (Lipinski definition) is 26. The maximum absolute atomic E-state index is 13.5. The molecule has 0 aromatic carbocycles. The van der Waals surface area contributed by atoms with Gasteiger partial charge in [-0.15, -0.1) is 0 Å². The Morgan fingerprint density at radius 3 is 0.816 bits per heavy atom. The molecule has 9 saturated heterocycles. The van der Waals surface area contributed by atoms with E-state index in [1.54, 1.807) is 0 Å². The van der Waals surface area contributed by atoms with Gasteiger partial charge in [0, 0.05) is 13.8 Å². The Labute approximate surface area is 584 Å². The number of ether oxygens (including phenoxy) is 17. The molecular weight excluding hydrogens is 1410 g/mol. The van der Waals surface area contributed by atoms with Crippen molar-refractivity contribution >= 4 is 11.8 Å². The SMILES string of the molecule is CC(=O)N[C@H]1[C@H](O[C@H]2[C@@H](O)[C@@H](CO)O[C@@H](O[C@H]3[C@H](O[C@@H]4O[C@@H](C)[C@@H](O)[C@@H](O)[C@@H]4O)[C@@H](NC(C)=O)[C@H](O[C@H]4[C@@H](O)[C@@H](CO)O[C@@H](O[C@H]5[C@H](O[C@@H]6O[C@@H](C)[C@@H](O)[C@@H](O)[C@@H]6O)[C@@H](O)C(O)O[C@@H]5CO)[C@@H]4O)O[C@@H]3CO)[C@@H]2O)O[C@H](CO)[C@@H](OC2O[C@H](CO)[C@H](O)[C@H](O)[C@H]2O)[C@@H]1O[C@@H]1O[C@@H](C)[C@@H](O)[C@@H](O)[C@@H]1O. The molecule has 0 aliphatic carbocycles. The molecule has 45 heteroatoms. The van der Waals surface area contributed by atoms with E-state index >= 15 is 0 Å². The van der Waals surface area contributed by atoms with Crippen LogP contribution in [0, 0.1) is 0 Å². The molecule has 598 valence electrons. The fraction of sp³-hybridized carbons (Fsp3) is 0.966. The van der Waals surface area contributed by atoms with E-state index in [9.17, 15) is 132 Å². The molecule has 0 spiro atoms. The summed E-state index contributed by atoms with van der Waals surface area (Å²) in [6.07, 6.45) is -85.9. The topological polar surface area (TPSA) is 701 Å². The first-order valence-corrected chi connectivity index (χ1v) is 33.2. The second-order valence-electron chi connectivity index (χ2n) is 26.6. The Morgan fingerprint density at radius 1 is 0.252 bits per heavy atom. The Bertz CT molecular complexity index is 2660. The zero-order valence-corrected chi connectivity index (χ0v) is 55.7. The summed E-state index contributed by atoms with van der Waals surface area (Å²) < 4.78 is 101. The van der Waals surface area contributed by atoms with Gasteiger partial charge in [0.15, 0.2) is 56.6 Å². The van der Waals surface area contributed by atoms with Gasteiger partial charge in [-0.05, 0) is 20.8 Å². The van der Waals surface area contributed by atoms with Crippen molar-refractivity contribution in [2.24, 2.45) is 0 Å². The molecule has 0 radical (unpaired) electrons. The summed E-state index contributed by atoms with van der Waals surface area (Å²) in [5.74, 6) is -1.96. The average Bonchev–Trinajstić information content (AvgIpc) is 0.764. The second kappa shape index (κ2) is 36.0. The Balaban J connectivity index is 1.04. The molecule has 103 heavy (non-hydrogen) atoms. The standard InChI is InChI=1S/C58H98N2O43/c1-12-25(69)31(75)35(79)53(87-12)99-45-23(59-15(4)67)51(94-21(10-65)42(45)96-56-38(82)34(78)28(72)17(6-61)91-56)101-47-29(73)18(7-62)92-57(40(47)84)97-43-22(11-66)95-52(24(60-16(5)68)46(43)100-54-36(80)32(76)26(70)13(2)88-54)102-48-30(74)19(8-63)93-58(41(48)85)98-44-20(9-64)90-50(86)39(83)49(44)103-55-37(81)33(77)27(71)14(3)89-55/h12-14,17-58,61-66,69-86H,6-11H2,1-5H3,(H,59,67)(H,60,68)/t12-,13-,14-,17+,18+,19+,20+,21+,22+,23+,24+,25+,26+,27+,28-,29-,30-,31+,32+,33+,34-,35-,36-,37-,38+,39+,40+,41+,42+,43+,44+,45+,46+,47-,48-,49+,50?,51-,52-,53-,54-,55-,56?,57-,58-/m0/s1. The summed E-state index contributed by atoms with van der Waals surface area (Å²) in [6.45, 7) is -1.08. The van der Waals surface area contributed by atoms with Crippen LogP contribution in [0.2, 0.25) is 0 Å². The third kappa shape index (κ3) is 17.9. The van der Waals surface area contributed by atoms with Crippen LogP contribution < -0.4 is 10.6 Å². The van der Waals surface area contributed by atoms with E-state index in [1.165, 1.54) is 20.8 Å². The van der Waals surface area contributed by atoms with Crippen molar-refractivity contribution in [3.63, 3.8) is 0 Å². The normalized spacial score (nSPS) is 52.3. The number of carbonyl (C=O) groups excluding carboxylic acids is 2. The average molecular weight is 1510 g/mol. The smallest absolute Gasteiger partial charge is 0.217 e. The largest absolute Gasteiger partial charge is 0.394 e. The first-order chi connectivity index (χ1) is 48.6. The first kappa shape index (κ1) is 84.3. The predicted octanol–water partition coefficient (Wildman–Crippen LogP) is -17.3. The third-order valence-electron chi connectivity index (χ3n) is 19.5. The Morgan fingerprint density at radius 2 is 0.495 bits per heavy atom. The van der Waals surface area contributed by atoms with Gasteiger partial charge in [0.2, 0.25) is 11.8 Å². The first-order valence-electron chi connectivity index (χ1n) is 33.2. The zero-order chi connectivity index (χ0) is 75.8. The molecule has 2 unspecified atom stereocenters. The molecule has 9 rings (SSSR count). The molecule has 0 aromatic heterocycles. The summed E-state index contributed by atoms with van der Waals surface area (Å²) >= 11 is 0. The van der Waals surface area contributed by atoms with E-state index in [4.69, 9.17) is 80.5 Å². The van der Waals surface area contributed by atoms with Crippen LogP contribution in [0.5, 0.6) is 0 Å². The van der Waals surface area contributed by atoms with E-state index in [1.807, 2.05) is 0 Å². The molecular formula is C58H98N2O43. The van der Waals surface area contributed by atoms with E-state index in [-0.39, 0.29) is 0 Å². The summed E-state index contributed by atoms with van der Waals surface area (Å²) in [7, 11) is 0. The van der Waals surface area contributed by atoms with Crippen molar-refractivity contribution in [1.82, 2.24) is 10.6 Å². The van der Waals surface area contributed by atoms with Crippen molar-refractivity contribution in [3.05, 3.63) is 0 Å². The highest BCUT2D eigenvalue weighted by Crippen LogP contribution is 2.41. The lowest BCUT2D eigenvalue weighted by atomic mass is 9.93. The van der Waals surface area contributed by atoms with Gasteiger partial charge in [-0.1, -0.05) is 0 Å². The van der Waals surface area contributed by atoms with Crippen molar-refractivity contribution in [2.45, 2.75) is 311 Å². The summed E-state index contributed by atoms with van der Waals surface area (Å²) in [4.78, 5) is 26.8. The van der Waals surface area contributed by atoms with Gasteiger partial charge in [-0.3, -0.25) is 9.59 Å². The summed E-state index contributed by atoms with van der Waals surface area (Å²) in [5, 5.41) is 270. The van der Waals surface area contributed by atoms with Crippen LogP contribution in [0.25, 0.3) is 0 Å². The highest BCUT2D eigenvalue weighted by atomic mass is 16.8. The fourth-order valence-corrected chi connectivity index (χ4v) is 13.6. The van der Waals surface area contributed by atoms with Crippen LogP contribution in [0.4, 0.5) is 0 Å². The van der Waals surface area contributed by atoms with E-state index in [0.29, 0.717) is 0 Å². The minimum Gasteiger partial charge on any atom is -0.394 e. The second-order valence-corrected chi connectivity index (χ2v) is 26.6. The van der Waals surface area contributed by atoms with Crippen LogP contribution >= 0.6 is 0 Å². The highest BCUT2D eigenvalue weighted by molar-refractivity contribution is 5.73. The molecule has 9 aliphatic heterocycles. The van der Waals surface area contributed by atoms with E-state index in [2.05, 4.69) is 10.6 Å². The van der Waals surface area contributed by atoms with Crippen molar-refractivity contribution < 1.29 is 213 Å². The number of hydrogen-bond acceptors (Lipinski definition) is 43. The monoisotopic (exact) mass is 1510 g/mol. The van der Waals surface area contributed by atoms with Gasteiger partial charge in [-0.2, -0.15) is 0 Å². The minimum atomic E-state index is -2.46. The van der Waals surface area contributed by atoms with Gasteiger partial charge in [0.1, 0.15) is 201 Å². The van der Waals surface area contributed by atoms with Crippen molar-refractivity contribution in [2.75, 3.05) is 39.6 Å². The lowest BCUT2D eigenvalue weighted by Crippen LogP contribution is -2.72. The minimum absolute atomic E-state index is 0.929. The molecule has 9 heterocycles. The molecule has 2 amide bonds. The molecule has 9 aliphatic rings. The lowest BCUT2D eigenvalue weighted by Gasteiger charge is -2.52. The van der Waals surface area contributed by atoms with Gasteiger partial charge in [0.05, 0.1) is 58.0 Å². The van der Waals surface area contributed by atoms with Crippen LogP contribution in [0.15, 0.2) is 0 Å². The van der Waals surface area contributed by atoms with Gasteiger partial charge >= 0.3 is 0 Å². The Hall–Kier alpha value is -2.70. The zero-order valence-electron chi connectivity index (χ0n) is 55.7. The number of amides is 2. The van der Waals surface area contributed by atoms with E-state index in [0.717, 1.165) is 13.8 Å². The number of aliphatic hydroxyl groups is 24. The maximum atomic E-state index is 13.5. The lowest BCUT2D eigenvalue weighted by molar-refractivity contribution is -0.402. The Kier molecular flexibility index (Phi) is 29.5. The molecule has 0 saturated carbocycles. The molecule has 0 aromatic rings. The summed E-state index contributed by atoms with van der Waals surface area (Å²) in [6, 6.07) is -3.98. The van der Waals surface area contributed by atoms with Gasteiger partial charge in [-0.25, -0.2) is 0 Å². The highest BCUT2D eigenvalue weighted by Gasteiger charge is 2.62. The molecule has 0 bridgehead atoms. The van der Waals surface area contributed by atoms with Crippen LogP contribution in [-0.2, 0) is 90.1 Å². The molecule has 26 N–H and O–H groups in total. The van der Waals surface area contributed by atoms with Crippen LogP contribution in [0.1, 0.15) is 34.6 Å². The summed E-state index contributed by atoms with van der Waals surface area (Å²) in [5.41, 5.74) is 0. The van der Waals surface area contributed by atoms with Crippen molar-refractivity contribution in [1.29, 1.82) is 0 Å². The van der Waals surface area contributed by atoms with Gasteiger partial charge in [0.25, 0.3) is 0 Å². The third-order valence-corrected chi connectivity index (χ3v) is 19.5. The van der Waals surface area contributed by atoms with E-state index < -0.39 is 328 Å². The maximum Gasteiger partial charge on any atom is 0.217 e. The van der Waals surface area contributed by atoms with Crippen LogP contribution in [-0.4, -0.2) is 450 Å². The van der Waals surface area contributed by atoms with Gasteiger partial charge < -0.3 is 214 Å². The predicted molar refractivity (Wildman–Crippen MR) is 316 cm³/mol. The molecule has 45 nitrogen and oxygen atoms in total. The van der Waals surface area contributed by atoms with Crippen molar-refractivity contribution in [3.8, 4) is 0 Å². The quantitative estimate of drug-likeness (QED) is 0.0427. The number of carbonyl (C=O) groups is 2. The van der Waals surface area contributed by atoms with Crippen LogP contribution in [0.3, 0.4) is 0 Å². The fourth-order valence-electron chi connectivity index (χ4n) is 13.6. The number of rotatable bonds is 24. The molecule has 9 fully saturated rings. The molecule has 45 atom stereocenters.